The minimum atomic E-state index is -0.0612. The van der Waals surface area contributed by atoms with Crippen LogP contribution in [0.3, 0.4) is 0 Å². The Morgan fingerprint density at radius 3 is 2.78 bits per heavy atom. The van der Waals surface area contributed by atoms with Crippen LogP contribution in [0, 0.1) is 13.8 Å². The fourth-order valence-electron chi connectivity index (χ4n) is 3.10. The van der Waals surface area contributed by atoms with Crippen molar-refractivity contribution in [1.29, 1.82) is 0 Å². The molecule has 23 heavy (non-hydrogen) atoms. The molecule has 1 N–H and O–H groups in total. The second-order valence-corrected chi connectivity index (χ2v) is 6.57. The molecule has 1 fully saturated rings. The number of halogens is 1. The Labute approximate surface area is 142 Å². The molecule has 4 heteroatoms. The number of likely N-dealkylation sites (tertiary alicyclic amines) is 1. The summed E-state index contributed by atoms with van der Waals surface area (Å²) in [4.78, 5) is 14.6. The second kappa shape index (κ2) is 6.63. The van der Waals surface area contributed by atoms with E-state index in [1.165, 1.54) is 11.1 Å². The minimum Gasteiger partial charge on any atom is -0.317 e. The van der Waals surface area contributed by atoms with Gasteiger partial charge in [-0.25, -0.2) is 4.79 Å². The summed E-state index contributed by atoms with van der Waals surface area (Å²) < 4.78 is 0. The summed E-state index contributed by atoms with van der Waals surface area (Å²) in [6.45, 7) is 4.81. The summed E-state index contributed by atoms with van der Waals surface area (Å²) in [5, 5.41) is 3.63. The van der Waals surface area contributed by atoms with E-state index < -0.39 is 0 Å². The molecule has 1 aliphatic rings. The highest BCUT2D eigenvalue weighted by Crippen LogP contribution is 2.33. The van der Waals surface area contributed by atoms with E-state index in [4.69, 9.17) is 11.6 Å². The number of hydrogen-bond donors (Lipinski definition) is 1. The lowest BCUT2D eigenvalue weighted by molar-refractivity contribution is 0.207. The van der Waals surface area contributed by atoms with Crippen molar-refractivity contribution in [2.45, 2.75) is 32.7 Å². The first-order valence-corrected chi connectivity index (χ1v) is 8.33. The molecule has 0 bridgehead atoms. The van der Waals surface area contributed by atoms with E-state index in [-0.39, 0.29) is 12.1 Å². The summed E-state index contributed by atoms with van der Waals surface area (Å²) in [7, 11) is 0. The van der Waals surface area contributed by atoms with Gasteiger partial charge in [-0.05, 0) is 49.9 Å². The standard InChI is InChI=1S/C19H21ClN2O/c1-13-5-3-6-15(11-13)18-7-4-10-22(18)19(23)21-16-9-8-14(2)17(20)12-16/h3,5-6,8-9,11-12,18H,4,7,10H2,1-2H3,(H,21,23)/t18-/m1/s1. The van der Waals surface area contributed by atoms with Gasteiger partial charge in [-0.1, -0.05) is 47.5 Å². The third-order valence-electron chi connectivity index (χ3n) is 4.36. The molecule has 0 aromatic heterocycles. The number of aryl methyl sites for hydroxylation is 2. The van der Waals surface area contributed by atoms with Crippen molar-refractivity contribution in [2.24, 2.45) is 0 Å². The van der Waals surface area contributed by atoms with E-state index in [0.717, 1.165) is 30.6 Å². The van der Waals surface area contributed by atoms with Gasteiger partial charge in [0.1, 0.15) is 0 Å². The largest absolute Gasteiger partial charge is 0.322 e. The van der Waals surface area contributed by atoms with Crippen LogP contribution < -0.4 is 5.32 Å². The average molecular weight is 329 g/mol. The molecule has 0 radical (unpaired) electrons. The Bertz CT molecular complexity index is 729. The van der Waals surface area contributed by atoms with Crippen molar-refractivity contribution in [1.82, 2.24) is 4.90 Å². The van der Waals surface area contributed by atoms with Gasteiger partial charge in [0.15, 0.2) is 0 Å². The molecule has 2 aromatic rings. The normalized spacial score (nSPS) is 17.3. The van der Waals surface area contributed by atoms with Crippen LogP contribution in [0.5, 0.6) is 0 Å². The van der Waals surface area contributed by atoms with E-state index in [2.05, 4.69) is 36.5 Å². The first-order chi connectivity index (χ1) is 11.0. The van der Waals surface area contributed by atoms with E-state index in [0.29, 0.717) is 5.02 Å². The lowest BCUT2D eigenvalue weighted by Gasteiger charge is -2.25. The van der Waals surface area contributed by atoms with E-state index in [1.54, 1.807) is 6.07 Å². The number of carbonyl (C=O) groups excluding carboxylic acids is 1. The van der Waals surface area contributed by atoms with Gasteiger partial charge in [0.25, 0.3) is 0 Å². The third kappa shape index (κ3) is 3.50. The van der Waals surface area contributed by atoms with Gasteiger partial charge >= 0.3 is 6.03 Å². The van der Waals surface area contributed by atoms with Crippen molar-refractivity contribution < 1.29 is 4.79 Å². The molecule has 1 heterocycles. The first-order valence-electron chi connectivity index (χ1n) is 7.95. The minimum absolute atomic E-state index is 0.0612. The fraction of sp³-hybridized carbons (Fsp3) is 0.316. The SMILES string of the molecule is Cc1cccc([C@H]2CCCN2C(=O)Nc2ccc(C)c(Cl)c2)c1. The number of rotatable bonds is 2. The molecular formula is C19H21ClN2O. The second-order valence-electron chi connectivity index (χ2n) is 6.16. The van der Waals surface area contributed by atoms with Crippen LogP contribution in [-0.2, 0) is 0 Å². The highest BCUT2D eigenvalue weighted by Gasteiger charge is 2.30. The van der Waals surface area contributed by atoms with Crippen LogP contribution >= 0.6 is 11.6 Å². The van der Waals surface area contributed by atoms with Crippen molar-refractivity contribution >= 4 is 23.3 Å². The van der Waals surface area contributed by atoms with Gasteiger partial charge in [-0.2, -0.15) is 0 Å². The topological polar surface area (TPSA) is 32.3 Å². The summed E-state index contributed by atoms with van der Waals surface area (Å²) in [6.07, 6.45) is 2.03. The molecule has 0 aliphatic carbocycles. The summed E-state index contributed by atoms with van der Waals surface area (Å²) >= 11 is 6.13. The first kappa shape index (κ1) is 15.9. The molecule has 3 rings (SSSR count). The van der Waals surface area contributed by atoms with Gasteiger partial charge < -0.3 is 10.2 Å². The Morgan fingerprint density at radius 1 is 1.22 bits per heavy atom. The lowest BCUT2D eigenvalue weighted by Crippen LogP contribution is -2.34. The van der Waals surface area contributed by atoms with Crippen molar-refractivity contribution in [3.63, 3.8) is 0 Å². The monoisotopic (exact) mass is 328 g/mol. The molecule has 0 saturated carbocycles. The van der Waals surface area contributed by atoms with Crippen LogP contribution in [0.1, 0.15) is 35.6 Å². The Kier molecular flexibility index (Phi) is 4.58. The highest BCUT2D eigenvalue weighted by atomic mass is 35.5. The maximum absolute atomic E-state index is 12.7. The number of anilines is 1. The molecule has 1 aliphatic heterocycles. The summed E-state index contributed by atoms with van der Waals surface area (Å²) in [6, 6.07) is 14.1. The van der Waals surface area contributed by atoms with E-state index >= 15 is 0 Å². The third-order valence-corrected chi connectivity index (χ3v) is 4.77. The summed E-state index contributed by atoms with van der Waals surface area (Å²) in [5.74, 6) is 0. The number of amides is 2. The van der Waals surface area contributed by atoms with Gasteiger partial charge in [-0.3, -0.25) is 0 Å². The zero-order chi connectivity index (χ0) is 16.4. The predicted molar refractivity (Wildman–Crippen MR) is 95.1 cm³/mol. The quantitative estimate of drug-likeness (QED) is 0.794. The number of hydrogen-bond acceptors (Lipinski definition) is 1. The fourth-order valence-corrected chi connectivity index (χ4v) is 3.28. The maximum Gasteiger partial charge on any atom is 0.322 e. The Hall–Kier alpha value is -2.00. The maximum atomic E-state index is 12.7. The lowest BCUT2D eigenvalue weighted by atomic mass is 10.0. The van der Waals surface area contributed by atoms with Crippen LogP contribution in [-0.4, -0.2) is 17.5 Å². The molecule has 0 spiro atoms. The number of nitrogens with zero attached hydrogens (tertiary/aromatic N) is 1. The number of urea groups is 1. The number of nitrogens with one attached hydrogen (secondary N) is 1. The van der Waals surface area contributed by atoms with Crippen molar-refractivity contribution in [2.75, 3.05) is 11.9 Å². The predicted octanol–water partition coefficient (Wildman–Crippen LogP) is 5.33. The zero-order valence-corrected chi connectivity index (χ0v) is 14.2. The van der Waals surface area contributed by atoms with Crippen molar-refractivity contribution in [3.8, 4) is 0 Å². The molecule has 0 unspecified atom stereocenters. The average Bonchev–Trinajstić information content (AvgIpc) is 3.00. The number of carbonyl (C=O) groups is 1. The van der Waals surface area contributed by atoms with Gasteiger partial charge in [0.05, 0.1) is 6.04 Å². The smallest absolute Gasteiger partial charge is 0.317 e. The molecule has 1 atom stereocenters. The van der Waals surface area contributed by atoms with Gasteiger partial charge in [-0.15, -0.1) is 0 Å². The molecule has 120 valence electrons. The van der Waals surface area contributed by atoms with Crippen LogP contribution in [0.15, 0.2) is 42.5 Å². The number of benzene rings is 2. The van der Waals surface area contributed by atoms with E-state index in [9.17, 15) is 4.79 Å². The molecule has 2 aromatic carbocycles. The Morgan fingerprint density at radius 2 is 2.04 bits per heavy atom. The molecule has 1 saturated heterocycles. The highest BCUT2D eigenvalue weighted by molar-refractivity contribution is 6.31. The molecule has 2 amide bonds. The molecule has 3 nitrogen and oxygen atoms in total. The summed E-state index contributed by atoms with van der Waals surface area (Å²) in [5.41, 5.74) is 4.17. The van der Waals surface area contributed by atoms with Crippen molar-refractivity contribution in [3.05, 3.63) is 64.2 Å². The van der Waals surface area contributed by atoms with E-state index in [1.807, 2.05) is 24.0 Å². The van der Waals surface area contributed by atoms with Crippen LogP contribution in [0.2, 0.25) is 5.02 Å². The van der Waals surface area contributed by atoms with Crippen LogP contribution in [0.25, 0.3) is 0 Å². The van der Waals surface area contributed by atoms with Crippen LogP contribution in [0.4, 0.5) is 10.5 Å². The molecular weight excluding hydrogens is 308 g/mol. The van der Waals surface area contributed by atoms with Gasteiger partial charge in [0, 0.05) is 17.3 Å². The van der Waals surface area contributed by atoms with Gasteiger partial charge in [0.2, 0.25) is 0 Å². The zero-order valence-electron chi connectivity index (χ0n) is 13.5. The Balaban J connectivity index is 1.76.